The van der Waals surface area contributed by atoms with Crippen LogP contribution >= 0.6 is 0 Å². The Bertz CT molecular complexity index is 963. The first-order valence-electron chi connectivity index (χ1n) is 8.85. The van der Waals surface area contributed by atoms with Crippen LogP contribution in [0.3, 0.4) is 0 Å². The smallest absolute Gasteiger partial charge is 0.315 e. The zero-order valence-corrected chi connectivity index (χ0v) is 14.8. The second-order valence-electron chi connectivity index (χ2n) is 6.87. The molecule has 2 amide bonds. The number of rotatable bonds is 3. The predicted octanol–water partition coefficient (Wildman–Crippen LogP) is 3.76. The summed E-state index contributed by atoms with van der Waals surface area (Å²) in [5, 5.41) is 17.2. The van der Waals surface area contributed by atoms with E-state index in [2.05, 4.69) is 10.6 Å². The minimum absolute atomic E-state index is 0.281. The van der Waals surface area contributed by atoms with Crippen LogP contribution in [0.15, 0.2) is 52.9 Å². The molecule has 5 heteroatoms. The lowest BCUT2D eigenvalue weighted by molar-refractivity contribution is 0.141. The number of aryl methyl sites for hydroxylation is 1. The number of para-hydroxylation sites is 1. The largest absolute Gasteiger partial charge is 0.459 e. The highest BCUT2D eigenvalue weighted by molar-refractivity contribution is 5.82. The SMILES string of the molecule is Cc1c([C@H](C)NC(=O)NC2c3ccccc3CC2O)oc2ccccc12. The van der Waals surface area contributed by atoms with Crippen molar-refractivity contribution in [1.82, 2.24) is 10.6 Å². The fourth-order valence-electron chi connectivity index (χ4n) is 3.80. The van der Waals surface area contributed by atoms with E-state index < -0.39 is 12.1 Å². The topological polar surface area (TPSA) is 74.5 Å². The molecule has 3 N–H and O–H groups in total. The molecule has 0 saturated carbocycles. The minimum atomic E-state index is -0.610. The van der Waals surface area contributed by atoms with Crippen molar-refractivity contribution in [2.75, 3.05) is 0 Å². The van der Waals surface area contributed by atoms with Crippen molar-refractivity contribution >= 4 is 17.0 Å². The summed E-state index contributed by atoms with van der Waals surface area (Å²) in [4.78, 5) is 12.5. The van der Waals surface area contributed by atoms with Crippen molar-refractivity contribution < 1.29 is 14.3 Å². The maximum absolute atomic E-state index is 12.5. The van der Waals surface area contributed by atoms with Gasteiger partial charge in [-0.05, 0) is 31.0 Å². The summed E-state index contributed by atoms with van der Waals surface area (Å²) in [7, 11) is 0. The third-order valence-corrected chi connectivity index (χ3v) is 5.11. The second kappa shape index (κ2) is 6.50. The first-order valence-corrected chi connectivity index (χ1v) is 8.85. The predicted molar refractivity (Wildman–Crippen MR) is 99.9 cm³/mol. The zero-order valence-electron chi connectivity index (χ0n) is 14.8. The van der Waals surface area contributed by atoms with E-state index >= 15 is 0 Å². The number of carbonyl (C=O) groups is 1. The number of nitrogens with one attached hydrogen (secondary N) is 2. The fraction of sp³-hybridized carbons (Fsp3) is 0.286. The Morgan fingerprint density at radius 2 is 1.92 bits per heavy atom. The number of urea groups is 1. The molecule has 2 aromatic carbocycles. The van der Waals surface area contributed by atoms with E-state index in [-0.39, 0.29) is 12.1 Å². The summed E-state index contributed by atoms with van der Waals surface area (Å²) in [6.45, 7) is 3.89. The van der Waals surface area contributed by atoms with Gasteiger partial charge < -0.3 is 20.2 Å². The van der Waals surface area contributed by atoms with E-state index in [9.17, 15) is 9.90 Å². The highest BCUT2D eigenvalue weighted by Crippen LogP contribution is 2.32. The Morgan fingerprint density at radius 1 is 1.19 bits per heavy atom. The van der Waals surface area contributed by atoms with E-state index in [0.29, 0.717) is 6.42 Å². The van der Waals surface area contributed by atoms with Crippen LogP contribution in [0.1, 0.15) is 41.5 Å². The van der Waals surface area contributed by atoms with E-state index in [4.69, 9.17) is 4.42 Å². The fourth-order valence-corrected chi connectivity index (χ4v) is 3.80. The van der Waals surface area contributed by atoms with Gasteiger partial charge in [0.15, 0.2) is 0 Å². The van der Waals surface area contributed by atoms with Crippen LogP contribution in [0, 0.1) is 6.92 Å². The van der Waals surface area contributed by atoms with Gasteiger partial charge in [-0.3, -0.25) is 0 Å². The van der Waals surface area contributed by atoms with Crippen LogP contribution in [-0.2, 0) is 6.42 Å². The normalized spacial score (nSPS) is 20.0. The van der Waals surface area contributed by atoms with Crippen LogP contribution in [0.2, 0.25) is 0 Å². The number of furan rings is 1. The van der Waals surface area contributed by atoms with E-state index in [1.165, 1.54) is 0 Å². The van der Waals surface area contributed by atoms with Crippen molar-refractivity contribution in [3.05, 3.63) is 71.0 Å². The summed E-state index contributed by atoms with van der Waals surface area (Å²) in [6, 6.07) is 14.6. The van der Waals surface area contributed by atoms with Crippen LogP contribution in [0.4, 0.5) is 4.79 Å². The summed E-state index contributed by atoms with van der Waals surface area (Å²) >= 11 is 0. The first-order chi connectivity index (χ1) is 12.5. The maximum Gasteiger partial charge on any atom is 0.315 e. The van der Waals surface area contributed by atoms with Gasteiger partial charge in [0, 0.05) is 17.4 Å². The number of aliphatic hydroxyl groups is 1. The van der Waals surface area contributed by atoms with E-state index in [0.717, 1.165) is 33.4 Å². The van der Waals surface area contributed by atoms with Gasteiger partial charge in [0.05, 0.1) is 18.2 Å². The van der Waals surface area contributed by atoms with Gasteiger partial charge in [0.1, 0.15) is 11.3 Å². The van der Waals surface area contributed by atoms with Gasteiger partial charge in [0.2, 0.25) is 0 Å². The van der Waals surface area contributed by atoms with Gasteiger partial charge in [-0.2, -0.15) is 0 Å². The molecule has 0 fully saturated rings. The Kier molecular flexibility index (Phi) is 4.17. The van der Waals surface area contributed by atoms with Gasteiger partial charge in [-0.1, -0.05) is 42.5 Å². The number of amides is 2. The van der Waals surface area contributed by atoms with Gasteiger partial charge >= 0.3 is 6.03 Å². The monoisotopic (exact) mass is 350 g/mol. The minimum Gasteiger partial charge on any atom is -0.459 e. The molecule has 134 valence electrons. The van der Waals surface area contributed by atoms with Gasteiger partial charge in [-0.15, -0.1) is 0 Å². The molecule has 0 radical (unpaired) electrons. The molecule has 3 atom stereocenters. The average molecular weight is 350 g/mol. The van der Waals surface area contributed by atoms with E-state index in [1.807, 2.05) is 62.4 Å². The highest BCUT2D eigenvalue weighted by atomic mass is 16.3. The molecule has 2 unspecified atom stereocenters. The summed E-state index contributed by atoms with van der Waals surface area (Å²) in [6.07, 6.45) is -0.0549. The second-order valence-corrected chi connectivity index (χ2v) is 6.87. The Labute approximate surface area is 152 Å². The third kappa shape index (κ3) is 2.84. The number of fused-ring (bicyclic) bond motifs is 2. The van der Waals surface area contributed by atoms with Crippen molar-refractivity contribution in [1.29, 1.82) is 0 Å². The number of aliphatic hydroxyl groups excluding tert-OH is 1. The Balaban J connectivity index is 1.49. The lowest BCUT2D eigenvalue weighted by Crippen LogP contribution is -2.41. The Hall–Kier alpha value is -2.79. The molecule has 1 heterocycles. The number of hydrogen-bond donors (Lipinski definition) is 3. The molecule has 0 saturated heterocycles. The Morgan fingerprint density at radius 3 is 2.73 bits per heavy atom. The molecular weight excluding hydrogens is 328 g/mol. The average Bonchev–Trinajstić information content (AvgIpc) is 3.13. The van der Waals surface area contributed by atoms with Gasteiger partial charge in [-0.25, -0.2) is 4.79 Å². The van der Waals surface area contributed by atoms with Crippen molar-refractivity contribution in [2.45, 2.75) is 38.5 Å². The molecular formula is C21H22N2O3. The molecule has 0 spiro atoms. The molecule has 26 heavy (non-hydrogen) atoms. The van der Waals surface area contributed by atoms with Crippen LogP contribution in [-0.4, -0.2) is 17.2 Å². The first kappa shape index (κ1) is 16.7. The molecule has 4 rings (SSSR count). The molecule has 5 nitrogen and oxygen atoms in total. The molecule has 0 aliphatic heterocycles. The number of hydrogen-bond acceptors (Lipinski definition) is 3. The van der Waals surface area contributed by atoms with Crippen LogP contribution < -0.4 is 10.6 Å². The number of carbonyl (C=O) groups excluding carboxylic acids is 1. The third-order valence-electron chi connectivity index (χ3n) is 5.11. The quantitative estimate of drug-likeness (QED) is 0.673. The molecule has 1 aliphatic carbocycles. The van der Waals surface area contributed by atoms with E-state index in [1.54, 1.807) is 0 Å². The summed E-state index contributed by atoms with van der Waals surface area (Å²) < 4.78 is 5.92. The van der Waals surface area contributed by atoms with Crippen molar-refractivity contribution in [3.63, 3.8) is 0 Å². The standard InChI is InChI=1S/C21H22N2O3/c1-12-15-8-5-6-10-18(15)26-20(12)13(2)22-21(25)23-19-16-9-4-3-7-14(16)11-17(19)24/h3-10,13,17,19,24H,11H2,1-2H3,(H2,22,23,25)/t13-,17?,19?/m0/s1. The van der Waals surface area contributed by atoms with Crippen molar-refractivity contribution in [2.24, 2.45) is 0 Å². The molecule has 1 aliphatic rings. The maximum atomic E-state index is 12.5. The molecule has 3 aromatic rings. The summed E-state index contributed by atoms with van der Waals surface area (Å²) in [5.74, 6) is 0.744. The molecule has 1 aromatic heterocycles. The molecule has 0 bridgehead atoms. The highest BCUT2D eigenvalue weighted by Gasteiger charge is 2.32. The van der Waals surface area contributed by atoms with Crippen LogP contribution in [0.25, 0.3) is 11.0 Å². The zero-order chi connectivity index (χ0) is 18.3. The van der Waals surface area contributed by atoms with Crippen LogP contribution in [0.5, 0.6) is 0 Å². The van der Waals surface area contributed by atoms with Crippen molar-refractivity contribution in [3.8, 4) is 0 Å². The lowest BCUT2D eigenvalue weighted by atomic mass is 10.1. The number of benzene rings is 2. The van der Waals surface area contributed by atoms with Gasteiger partial charge in [0.25, 0.3) is 0 Å². The lowest BCUT2D eigenvalue weighted by Gasteiger charge is -2.20. The summed E-state index contributed by atoms with van der Waals surface area (Å²) in [5.41, 5.74) is 3.89.